The van der Waals surface area contributed by atoms with Gasteiger partial charge in [-0.2, -0.15) is 0 Å². The van der Waals surface area contributed by atoms with Crippen LogP contribution in [0.5, 0.6) is 11.7 Å². The van der Waals surface area contributed by atoms with Crippen LogP contribution in [0.2, 0.25) is 0 Å². The van der Waals surface area contributed by atoms with E-state index >= 15 is 0 Å². The zero-order chi connectivity index (χ0) is 21.7. The molecule has 158 valence electrons. The molecule has 0 bridgehead atoms. The first-order valence-corrected chi connectivity index (χ1v) is 10.8. The monoisotopic (exact) mass is 424 g/mol. The standard InChI is InChI=1S/C18H21NO3.C6H7NS/c1-11-9-12-7-8-18(2,3)13(12)10-15(11)22-16-6-5-14(21-16)17(20)19-4;7-8-6-4-2-1-3-5-6/h5-6,9-10H,7-8H2,1-4H3,(H,19,20);1-5H,7H2. The molecule has 0 radical (unpaired) electrons. The Balaban J connectivity index is 0.000000269. The topological polar surface area (TPSA) is 77.5 Å². The quantitative estimate of drug-likeness (QED) is 0.532. The molecule has 5 nitrogen and oxygen atoms in total. The molecule has 0 saturated carbocycles. The van der Waals surface area contributed by atoms with E-state index in [0.717, 1.165) is 29.1 Å². The molecule has 6 heteroatoms. The van der Waals surface area contributed by atoms with Gasteiger partial charge < -0.3 is 14.5 Å². The van der Waals surface area contributed by atoms with Crippen LogP contribution in [0.15, 0.2) is 63.9 Å². The molecule has 2 aromatic carbocycles. The largest absolute Gasteiger partial charge is 0.426 e. The van der Waals surface area contributed by atoms with Gasteiger partial charge in [-0.05, 0) is 78.1 Å². The molecule has 3 aromatic rings. The fraction of sp³-hybridized carbons (Fsp3) is 0.292. The van der Waals surface area contributed by atoms with Gasteiger partial charge in [-0.1, -0.05) is 38.1 Å². The van der Waals surface area contributed by atoms with Gasteiger partial charge in [0.25, 0.3) is 11.9 Å². The molecule has 1 aromatic heterocycles. The van der Waals surface area contributed by atoms with E-state index in [1.54, 1.807) is 19.2 Å². The lowest BCUT2D eigenvalue weighted by atomic mass is 9.86. The molecule has 1 heterocycles. The highest BCUT2D eigenvalue weighted by Crippen LogP contribution is 2.42. The van der Waals surface area contributed by atoms with Crippen LogP contribution >= 0.6 is 11.9 Å². The minimum Gasteiger partial charge on any atom is -0.426 e. The van der Waals surface area contributed by atoms with Crippen LogP contribution in [0.3, 0.4) is 0 Å². The van der Waals surface area contributed by atoms with E-state index in [0.29, 0.717) is 5.95 Å². The van der Waals surface area contributed by atoms with Gasteiger partial charge in [0.1, 0.15) is 5.75 Å². The van der Waals surface area contributed by atoms with Crippen molar-refractivity contribution < 1.29 is 13.9 Å². The highest BCUT2D eigenvalue weighted by Gasteiger charge is 2.30. The van der Waals surface area contributed by atoms with Crippen LogP contribution in [0.25, 0.3) is 0 Å². The lowest BCUT2D eigenvalue weighted by molar-refractivity contribution is 0.0930. The summed E-state index contributed by atoms with van der Waals surface area (Å²) in [5.41, 5.74) is 4.00. The van der Waals surface area contributed by atoms with Crippen molar-refractivity contribution in [1.82, 2.24) is 5.32 Å². The Hall–Kier alpha value is -2.70. The smallest absolute Gasteiger partial charge is 0.290 e. The zero-order valence-corrected chi connectivity index (χ0v) is 18.6. The number of hydrogen-bond acceptors (Lipinski definition) is 5. The SMILES string of the molecule is CNC(=O)c1ccc(Oc2cc3c(cc2C)CCC3(C)C)o1.NSc1ccccc1. The van der Waals surface area contributed by atoms with Gasteiger partial charge in [-0.3, -0.25) is 9.93 Å². The predicted octanol–water partition coefficient (Wildman–Crippen LogP) is 5.62. The summed E-state index contributed by atoms with van der Waals surface area (Å²) in [6, 6.07) is 17.4. The van der Waals surface area contributed by atoms with Gasteiger partial charge in [-0.25, -0.2) is 0 Å². The first kappa shape index (κ1) is 22.0. The van der Waals surface area contributed by atoms with Crippen molar-refractivity contribution >= 4 is 17.9 Å². The highest BCUT2D eigenvalue weighted by molar-refractivity contribution is 7.97. The third kappa shape index (κ3) is 5.07. The second kappa shape index (κ2) is 9.41. The van der Waals surface area contributed by atoms with Crippen molar-refractivity contribution in [3.63, 3.8) is 0 Å². The van der Waals surface area contributed by atoms with Crippen molar-refractivity contribution in [2.75, 3.05) is 7.05 Å². The number of benzene rings is 2. The number of fused-ring (bicyclic) bond motifs is 1. The van der Waals surface area contributed by atoms with Crippen LogP contribution < -0.4 is 15.2 Å². The Kier molecular flexibility index (Phi) is 6.90. The number of amides is 1. The predicted molar refractivity (Wildman–Crippen MR) is 121 cm³/mol. The summed E-state index contributed by atoms with van der Waals surface area (Å²) < 4.78 is 11.3. The summed E-state index contributed by atoms with van der Waals surface area (Å²) in [5, 5.41) is 7.79. The van der Waals surface area contributed by atoms with E-state index in [-0.39, 0.29) is 17.1 Å². The molecule has 0 fully saturated rings. The first-order valence-electron chi connectivity index (χ1n) is 9.89. The summed E-state index contributed by atoms with van der Waals surface area (Å²) in [4.78, 5) is 12.6. The summed E-state index contributed by atoms with van der Waals surface area (Å²) in [6.07, 6.45) is 2.28. The minimum atomic E-state index is -0.262. The molecular weight excluding hydrogens is 396 g/mol. The van der Waals surface area contributed by atoms with E-state index in [9.17, 15) is 4.79 Å². The summed E-state index contributed by atoms with van der Waals surface area (Å²) >= 11 is 1.27. The Morgan fingerprint density at radius 1 is 1.17 bits per heavy atom. The van der Waals surface area contributed by atoms with Gasteiger partial charge >= 0.3 is 0 Å². The van der Waals surface area contributed by atoms with Crippen LogP contribution in [0, 0.1) is 6.92 Å². The number of carbonyl (C=O) groups excluding carboxylic acids is 1. The average Bonchev–Trinajstić information content (AvgIpc) is 3.33. The number of rotatable bonds is 4. The first-order chi connectivity index (χ1) is 14.3. The molecule has 0 aliphatic heterocycles. The number of nitrogens with one attached hydrogen (secondary N) is 1. The second-order valence-corrected chi connectivity index (χ2v) is 8.60. The number of hydrogen-bond donors (Lipinski definition) is 2. The molecule has 0 saturated heterocycles. The fourth-order valence-corrected chi connectivity index (χ4v) is 3.82. The number of furan rings is 1. The van der Waals surface area contributed by atoms with E-state index in [1.165, 1.54) is 23.1 Å². The van der Waals surface area contributed by atoms with Gasteiger partial charge in [0.05, 0.1) is 0 Å². The summed E-state index contributed by atoms with van der Waals surface area (Å²) in [5.74, 6) is 1.10. The highest BCUT2D eigenvalue weighted by atomic mass is 32.2. The fourth-order valence-electron chi connectivity index (χ4n) is 3.50. The van der Waals surface area contributed by atoms with Crippen LogP contribution in [0.4, 0.5) is 0 Å². The molecule has 3 N–H and O–H groups in total. The van der Waals surface area contributed by atoms with Crippen LogP contribution in [-0.2, 0) is 11.8 Å². The molecule has 1 aliphatic carbocycles. The maximum absolute atomic E-state index is 11.5. The van der Waals surface area contributed by atoms with Gasteiger partial charge in [0.2, 0.25) is 0 Å². The van der Waals surface area contributed by atoms with Crippen LogP contribution in [-0.4, -0.2) is 13.0 Å². The van der Waals surface area contributed by atoms with Gasteiger partial charge in [0.15, 0.2) is 5.76 Å². The van der Waals surface area contributed by atoms with Crippen LogP contribution in [0.1, 0.15) is 47.5 Å². The number of nitrogens with two attached hydrogens (primary N) is 1. The maximum Gasteiger partial charge on any atom is 0.290 e. The molecule has 30 heavy (non-hydrogen) atoms. The Labute approximate surface area is 182 Å². The molecule has 1 amide bonds. The molecule has 4 rings (SSSR count). The van der Waals surface area contributed by atoms with Crippen molar-refractivity contribution in [3.8, 4) is 11.7 Å². The Bertz CT molecular complexity index is 1010. The van der Waals surface area contributed by atoms with Crippen molar-refractivity contribution in [1.29, 1.82) is 0 Å². The molecule has 0 spiro atoms. The molecule has 0 atom stereocenters. The third-order valence-corrected chi connectivity index (χ3v) is 5.82. The van der Waals surface area contributed by atoms with E-state index in [4.69, 9.17) is 14.3 Å². The van der Waals surface area contributed by atoms with Gasteiger partial charge in [-0.15, -0.1) is 0 Å². The average molecular weight is 425 g/mol. The Morgan fingerprint density at radius 2 is 1.90 bits per heavy atom. The Morgan fingerprint density at radius 3 is 2.53 bits per heavy atom. The molecule has 0 unspecified atom stereocenters. The van der Waals surface area contributed by atoms with E-state index in [2.05, 4.69) is 31.3 Å². The lowest BCUT2D eigenvalue weighted by Gasteiger charge is -2.20. The summed E-state index contributed by atoms with van der Waals surface area (Å²) in [7, 11) is 1.57. The maximum atomic E-state index is 11.5. The van der Waals surface area contributed by atoms with Crippen molar-refractivity contribution in [2.45, 2.75) is 43.9 Å². The summed E-state index contributed by atoms with van der Waals surface area (Å²) in [6.45, 7) is 6.55. The number of carbonyl (C=O) groups is 1. The number of aryl methyl sites for hydroxylation is 2. The third-order valence-electron chi connectivity index (χ3n) is 5.27. The molecular formula is C24H28N2O3S. The van der Waals surface area contributed by atoms with E-state index in [1.807, 2.05) is 37.3 Å². The lowest BCUT2D eigenvalue weighted by Crippen LogP contribution is -2.16. The van der Waals surface area contributed by atoms with Crippen molar-refractivity contribution in [3.05, 3.63) is 77.0 Å². The zero-order valence-electron chi connectivity index (χ0n) is 17.8. The second-order valence-electron chi connectivity index (χ2n) is 7.89. The van der Waals surface area contributed by atoms with E-state index < -0.39 is 0 Å². The molecule has 1 aliphatic rings. The number of ether oxygens (including phenoxy) is 1. The van der Waals surface area contributed by atoms with Crippen molar-refractivity contribution in [2.24, 2.45) is 5.14 Å². The normalized spacial score (nSPS) is 13.8. The van der Waals surface area contributed by atoms with Gasteiger partial charge in [0, 0.05) is 18.0 Å². The minimum absolute atomic E-state index is 0.178.